The molecule has 3 aromatic carbocycles. The molecule has 0 aromatic heterocycles. The molecule has 3 rings (SSSR count). The number of rotatable bonds is 9. The first-order chi connectivity index (χ1) is 15.1. The van der Waals surface area contributed by atoms with E-state index in [-0.39, 0.29) is 13.2 Å². The van der Waals surface area contributed by atoms with Crippen molar-refractivity contribution in [3.8, 4) is 0 Å². The van der Waals surface area contributed by atoms with Gasteiger partial charge in [-0.1, -0.05) is 55.6 Å². The maximum atomic E-state index is 11.3. The standard InChI is InChI=1S/C26H23NO4/c1-3-25(28)30-18-20-10-14-23(15-11-20)27(22-8-6-5-7-9-22)24-16-12-21(13-17-24)19-31-26(29)4-2/h3-17H,1-2,18-19H2. The maximum Gasteiger partial charge on any atom is 0.330 e. The summed E-state index contributed by atoms with van der Waals surface area (Å²) in [6, 6.07) is 25.6. The van der Waals surface area contributed by atoms with Gasteiger partial charge in [0.1, 0.15) is 13.2 Å². The summed E-state index contributed by atoms with van der Waals surface area (Å²) in [5.74, 6) is -0.900. The number of hydrogen-bond acceptors (Lipinski definition) is 5. The molecule has 0 saturated heterocycles. The van der Waals surface area contributed by atoms with Gasteiger partial charge in [0.15, 0.2) is 0 Å². The molecule has 0 amide bonds. The summed E-state index contributed by atoms with van der Waals surface area (Å²) in [7, 11) is 0. The van der Waals surface area contributed by atoms with Crippen molar-refractivity contribution in [1.29, 1.82) is 0 Å². The zero-order chi connectivity index (χ0) is 22.1. The van der Waals surface area contributed by atoms with Gasteiger partial charge in [0.2, 0.25) is 0 Å². The van der Waals surface area contributed by atoms with E-state index in [0.29, 0.717) is 0 Å². The lowest BCUT2D eigenvalue weighted by Crippen LogP contribution is -2.10. The molecular weight excluding hydrogens is 390 g/mol. The minimum absolute atomic E-state index is 0.189. The van der Waals surface area contributed by atoms with Gasteiger partial charge in [0.05, 0.1) is 0 Å². The number of para-hydroxylation sites is 1. The second kappa shape index (κ2) is 10.6. The van der Waals surface area contributed by atoms with Gasteiger partial charge in [0, 0.05) is 29.2 Å². The van der Waals surface area contributed by atoms with Crippen molar-refractivity contribution in [2.45, 2.75) is 13.2 Å². The molecule has 0 aliphatic rings. The Balaban J connectivity index is 1.84. The Morgan fingerprint density at radius 1 is 0.645 bits per heavy atom. The number of hydrogen-bond donors (Lipinski definition) is 0. The van der Waals surface area contributed by atoms with Crippen LogP contribution < -0.4 is 4.90 Å². The quantitative estimate of drug-likeness (QED) is 0.337. The van der Waals surface area contributed by atoms with E-state index >= 15 is 0 Å². The molecule has 0 radical (unpaired) electrons. The van der Waals surface area contributed by atoms with E-state index in [4.69, 9.17) is 9.47 Å². The van der Waals surface area contributed by atoms with E-state index < -0.39 is 11.9 Å². The van der Waals surface area contributed by atoms with E-state index in [1.807, 2.05) is 78.9 Å². The van der Waals surface area contributed by atoms with Crippen molar-refractivity contribution >= 4 is 29.0 Å². The molecule has 0 heterocycles. The zero-order valence-corrected chi connectivity index (χ0v) is 17.1. The third kappa shape index (κ3) is 5.93. The van der Waals surface area contributed by atoms with Gasteiger partial charge in [0.25, 0.3) is 0 Å². The number of benzene rings is 3. The van der Waals surface area contributed by atoms with Crippen molar-refractivity contribution in [2.24, 2.45) is 0 Å². The lowest BCUT2D eigenvalue weighted by atomic mass is 10.1. The van der Waals surface area contributed by atoms with E-state index in [1.54, 1.807) is 0 Å². The van der Waals surface area contributed by atoms with Crippen LogP contribution in [-0.2, 0) is 32.3 Å². The summed E-state index contributed by atoms with van der Waals surface area (Å²) in [4.78, 5) is 24.7. The molecule has 0 aliphatic heterocycles. The Hall–Kier alpha value is -4.12. The van der Waals surface area contributed by atoms with E-state index in [0.717, 1.165) is 40.3 Å². The largest absolute Gasteiger partial charge is 0.458 e. The normalized spacial score (nSPS) is 10.1. The second-order valence-corrected chi connectivity index (χ2v) is 6.63. The van der Waals surface area contributed by atoms with Crippen molar-refractivity contribution < 1.29 is 19.1 Å². The Bertz CT molecular complexity index is 974. The Labute approximate surface area is 181 Å². The monoisotopic (exact) mass is 413 g/mol. The highest BCUT2D eigenvalue weighted by Crippen LogP contribution is 2.34. The van der Waals surface area contributed by atoms with Gasteiger partial charge in [-0.05, 0) is 47.5 Å². The van der Waals surface area contributed by atoms with Crippen LogP contribution in [0.1, 0.15) is 11.1 Å². The van der Waals surface area contributed by atoms with Crippen LogP contribution in [0.3, 0.4) is 0 Å². The lowest BCUT2D eigenvalue weighted by molar-refractivity contribution is -0.139. The summed E-state index contributed by atoms with van der Waals surface area (Å²) in [5.41, 5.74) is 4.67. The predicted molar refractivity (Wildman–Crippen MR) is 121 cm³/mol. The Morgan fingerprint density at radius 3 is 1.42 bits per heavy atom. The molecule has 0 fully saturated rings. The third-order valence-corrected chi connectivity index (χ3v) is 4.50. The zero-order valence-electron chi connectivity index (χ0n) is 17.1. The minimum atomic E-state index is -0.450. The molecule has 31 heavy (non-hydrogen) atoms. The third-order valence-electron chi connectivity index (χ3n) is 4.50. The Morgan fingerprint density at radius 2 is 1.03 bits per heavy atom. The van der Waals surface area contributed by atoms with Crippen molar-refractivity contribution in [3.05, 3.63) is 115 Å². The smallest absolute Gasteiger partial charge is 0.330 e. The summed E-state index contributed by atoms with van der Waals surface area (Å²) in [5, 5.41) is 0. The number of carbonyl (C=O) groups is 2. The van der Waals surface area contributed by atoms with Crippen molar-refractivity contribution in [2.75, 3.05) is 4.90 Å². The van der Waals surface area contributed by atoms with Gasteiger partial charge in [-0.2, -0.15) is 0 Å². The predicted octanol–water partition coefficient (Wildman–Crippen LogP) is 5.61. The Kier molecular flexibility index (Phi) is 7.38. The first-order valence-corrected chi connectivity index (χ1v) is 9.72. The van der Waals surface area contributed by atoms with Crippen molar-refractivity contribution in [3.63, 3.8) is 0 Å². The average Bonchev–Trinajstić information content (AvgIpc) is 2.83. The van der Waals surface area contributed by atoms with Crippen LogP contribution in [0.15, 0.2) is 104 Å². The van der Waals surface area contributed by atoms with Crippen molar-refractivity contribution in [1.82, 2.24) is 0 Å². The van der Waals surface area contributed by atoms with E-state index in [1.165, 1.54) is 0 Å². The molecule has 0 bridgehead atoms. The van der Waals surface area contributed by atoms with Crippen LogP contribution >= 0.6 is 0 Å². The molecule has 0 unspecified atom stereocenters. The molecule has 0 aliphatic carbocycles. The molecule has 0 N–H and O–H groups in total. The second-order valence-electron chi connectivity index (χ2n) is 6.63. The first kappa shape index (κ1) is 21.6. The molecule has 5 heteroatoms. The molecule has 156 valence electrons. The van der Waals surface area contributed by atoms with Crippen LogP contribution in [0.4, 0.5) is 17.1 Å². The van der Waals surface area contributed by atoms with Gasteiger partial charge in [-0.15, -0.1) is 0 Å². The molecule has 5 nitrogen and oxygen atoms in total. The highest BCUT2D eigenvalue weighted by molar-refractivity contribution is 5.81. The van der Waals surface area contributed by atoms with Crippen LogP contribution in [-0.4, -0.2) is 11.9 Å². The summed E-state index contributed by atoms with van der Waals surface area (Å²) in [6.07, 6.45) is 2.29. The topological polar surface area (TPSA) is 55.8 Å². The molecule has 0 saturated carbocycles. The fourth-order valence-corrected chi connectivity index (χ4v) is 2.93. The highest BCUT2D eigenvalue weighted by atomic mass is 16.5. The minimum Gasteiger partial charge on any atom is -0.458 e. The number of nitrogens with zero attached hydrogens (tertiary/aromatic N) is 1. The highest BCUT2D eigenvalue weighted by Gasteiger charge is 2.12. The lowest BCUT2D eigenvalue weighted by Gasteiger charge is -2.25. The van der Waals surface area contributed by atoms with Crippen LogP contribution in [0.25, 0.3) is 0 Å². The fraction of sp³-hybridized carbons (Fsp3) is 0.0769. The first-order valence-electron chi connectivity index (χ1n) is 9.72. The SMILES string of the molecule is C=CC(=O)OCc1ccc(N(c2ccccc2)c2ccc(COC(=O)C=C)cc2)cc1. The van der Waals surface area contributed by atoms with Gasteiger partial charge < -0.3 is 14.4 Å². The maximum absolute atomic E-state index is 11.3. The van der Waals surface area contributed by atoms with Gasteiger partial charge >= 0.3 is 11.9 Å². The molecular formula is C26H23NO4. The van der Waals surface area contributed by atoms with Gasteiger partial charge in [-0.25, -0.2) is 9.59 Å². The summed E-state index contributed by atoms with van der Waals surface area (Å²) >= 11 is 0. The van der Waals surface area contributed by atoms with E-state index in [9.17, 15) is 9.59 Å². The summed E-state index contributed by atoms with van der Waals surface area (Å²) in [6.45, 7) is 7.17. The van der Waals surface area contributed by atoms with Gasteiger partial charge in [-0.3, -0.25) is 0 Å². The molecule has 0 spiro atoms. The number of carbonyl (C=O) groups excluding carboxylic acids is 2. The van der Waals surface area contributed by atoms with Crippen LogP contribution in [0, 0.1) is 0 Å². The van der Waals surface area contributed by atoms with Crippen LogP contribution in [0.5, 0.6) is 0 Å². The summed E-state index contributed by atoms with van der Waals surface area (Å²) < 4.78 is 10.2. The molecule has 0 atom stereocenters. The number of ether oxygens (including phenoxy) is 2. The average molecular weight is 413 g/mol. The van der Waals surface area contributed by atoms with Crippen LogP contribution in [0.2, 0.25) is 0 Å². The van der Waals surface area contributed by atoms with E-state index in [2.05, 4.69) is 18.1 Å². The molecule has 3 aromatic rings. The fourth-order valence-electron chi connectivity index (χ4n) is 2.93. The number of anilines is 3. The number of esters is 2.